The van der Waals surface area contributed by atoms with Crippen LogP contribution < -0.4 is 5.32 Å². The average Bonchev–Trinajstić information content (AvgIpc) is 2.29. The summed E-state index contributed by atoms with van der Waals surface area (Å²) in [5, 5.41) is 3.30. The first-order chi connectivity index (χ1) is 8.09. The minimum Gasteiger partial charge on any atom is -0.333 e. The van der Waals surface area contributed by atoms with E-state index >= 15 is 0 Å². The molecule has 0 saturated carbocycles. The number of carbonyl (C=O) groups excluding carboxylic acids is 1. The van der Waals surface area contributed by atoms with E-state index in [-0.39, 0.29) is 24.4 Å². The van der Waals surface area contributed by atoms with Gasteiger partial charge in [-0.25, -0.2) is 0 Å². The fourth-order valence-electron chi connectivity index (χ4n) is 2.35. The third-order valence-corrected chi connectivity index (χ3v) is 3.37. The molecule has 0 unspecified atom stereocenters. The lowest BCUT2D eigenvalue weighted by atomic mass is 10.0. The molecule has 0 aromatic heterocycles. The summed E-state index contributed by atoms with van der Waals surface area (Å²) in [4.78, 5) is 14.4. The highest BCUT2D eigenvalue weighted by Gasteiger charge is 2.24. The van der Waals surface area contributed by atoms with E-state index in [4.69, 9.17) is 0 Å². The van der Waals surface area contributed by atoms with E-state index in [1.54, 1.807) is 0 Å². The van der Waals surface area contributed by atoms with Crippen molar-refractivity contribution in [1.29, 1.82) is 0 Å². The Morgan fingerprint density at radius 2 is 2.11 bits per heavy atom. The number of halogens is 1. The summed E-state index contributed by atoms with van der Waals surface area (Å²) in [6.45, 7) is 8.72. The molecule has 1 heterocycles. The Kier molecular flexibility index (Phi) is 5.17. The van der Waals surface area contributed by atoms with E-state index in [1.807, 2.05) is 24.0 Å². The highest BCUT2D eigenvalue weighted by Crippen LogP contribution is 2.15. The highest BCUT2D eigenvalue weighted by atomic mass is 35.5. The minimum atomic E-state index is 0. The first-order valence-electron chi connectivity index (χ1n) is 6.18. The molecular formula is C14H21ClN2O. The van der Waals surface area contributed by atoms with Crippen LogP contribution in [0.1, 0.15) is 28.4 Å². The van der Waals surface area contributed by atoms with Crippen molar-refractivity contribution in [3.05, 3.63) is 34.9 Å². The second-order valence-corrected chi connectivity index (χ2v) is 4.87. The van der Waals surface area contributed by atoms with Crippen LogP contribution in [-0.2, 0) is 0 Å². The lowest BCUT2D eigenvalue weighted by molar-refractivity contribution is 0.0655. The van der Waals surface area contributed by atoms with Crippen molar-refractivity contribution in [2.45, 2.75) is 26.8 Å². The number of hydrogen-bond donors (Lipinski definition) is 1. The Balaban J connectivity index is 0.00000162. The van der Waals surface area contributed by atoms with Gasteiger partial charge in [-0.1, -0.05) is 17.7 Å². The summed E-state index contributed by atoms with van der Waals surface area (Å²) in [5.41, 5.74) is 3.11. The summed E-state index contributed by atoms with van der Waals surface area (Å²) < 4.78 is 0. The van der Waals surface area contributed by atoms with Crippen LogP contribution in [-0.4, -0.2) is 36.5 Å². The lowest BCUT2D eigenvalue weighted by Gasteiger charge is -2.34. The molecule has 1 aromatic carbocycles. The molecule has 1 saturated heterocycles. The summed E-state index contributed by atoms with van der Waals surface area (Å²) in [7, 11) is 0. The van der Waals surface area contributed by atoms with Crippen LogP contribution in [0.3, 0.4) is 0 Å². The van der Waals surface area contributed by atoms with E-state index in [0.717, 1.165) is 30.8 Å². The van der Waals surface area contributed by atoms with Crippen molar-refractivity contribution in [2.75, 3.05) is 19.6 Å². The molecule has 0 spiro atoms. The van der Waals surface area contributed by atoms with Crippen molar-refractivity contribution in [2.24, 2.45) is 0 Å². The third-order valence-electron chi connectivity index (χ3n) is 3.37. The van der Waals surface area contributed by atoms with Gasteiger partial charge in [0.2, 0.25) is 0 Å². The van der Waals surface area contributed by atoms with Gasteiger partial charge < -0.3 is 10.2 Å². The van der Waals surface area contributed by atoms with Crippen LogP contribution in [0.4, 0.5) is 0 Å². The molecule has 1 atom stereocenters. The fraction of sp³-hybridized carbons (Fsp3) is 0.500. The number of nitrogens with one attached hydrogen (secondary N) is 1. The molecule has 0 radical (unpaired) electrons. The van der Waals surface area contributed by atoms with Crippen LogP contribution in [0.25, 0.3) is 0 Å². The van der Waals surface area contributed by atoms with E-state index in [1.165, 1.54) is 5.56 Å². The zero-order valence-electron chi connectivity index (χ0n) is 11.2. The van der Waals surface area contributed by atoms with Gasteiger partial charge >= 0.3 is 0 Å². The summed E-state index contributed by atoms with van der Waals surface area (Å²) in [6, 6.07) is 6.30. The predicted molar refractivity (Wildman–Crippen MR) is 76.5 cm³/mol. The third kappa shape index (κ3) is 3.03. The van der Waals surface area contributed by atoms with E-state index in [9.17, 15) is 4.79 Å². The van der Waals surface area contributed by atoms with Gasteiger partial charge in [0.05, 0.1) is 0 Å². The van der Waals surface area contributed by atoms with E-state index in [0.29, 0.717) is 0 Å². The number of carbonyl (C=O) groups is 1. The minimum absolute atomic E-state index is 0. The van der Waals surface area contributed by atoms with Gasteiger partial charge in [0, 0.05) is 31.2 Å². The highest BCUT2D eigenvalue weighted by molar-refractivity contribution is 5.96. The molecule has 0 bridgehead atoms. The SMILES string of the molecule is Cc1ccc(C(=O)N2CCNC[C@@H]2C)c(C)c1.Cl. The van der Waals surface area contributed by atoms with Crippen molar-refractivity contribution in [1.82, 2.24) is 10.2 Å². The molecule has 1 aliphatic heterocycles. The number of hydrogen-bond acceptors (Lipinski definition) is 2. The molecule has 3 nitrogen and oxygen atoms in total. The molecule has 100 valence electrons. The van der Waals surface area contributed by atoms with Crippen molar-refractivity contribution >= 4 is 18.3 Å². The van der Waals surface area contributed by atoms with Gasteiger partial charge in [-0.3, -0.25) is 4.79 Å². The first-order valence-corrected chi connectivity index (χ1v) is 6.18. The van der Waals surface area contributed by atoms with Crippen molar-refractivity contribution < 1.29 is 4.79 Å². The van der Waals surface area contributed by atoms with Gasteiger partial charge in [0.1, 0.15) is 0 Å². The van der Waals surface area contributed by atoms with Crippen LogP contribution >= 0.6 is 12.4 Å². The van der Waals surface area contributed by atoms with Crippen LogP contribution in [0.15, 0.2) is 18.2 Å². The normalized spacial score (nSPS) is 19.3. The summed E-state index contributed by atoms with van der Waals surface area (Å²) in [5.74, 6) is 0.163. The molecule has 0 aliphatic carbocycles. The van der Waals surface area contributed by atoms with Crippen LogP contribution in [0.2, 0.25) is 0 Å². The number of nitrogens with zero attached hydrogens (tertiary/aromatic N) is 1. The lowest BCUT2D eigenvalue weighted by Crippen LogP contribution is -2.52. The number of aryl methyl sites for hydroxylation is 2. The van der Waals surface area contributed by atoms with E-state index < -0.39 is 0 Å². The van der Waals surface area contributed by atoms with Gasteiger partial charge in [-0.2, -0.15) is 0 Å². The summed E-state index contributed by atoms with van der Waals surface area (Å²) >= 11 is 0. The number of rotatable bonds is 1. The van der Waals surface area contributed by atoms with Crippen molar-refractivity contribution in [3.8, 4) is 0 Å². The topological polar surface area (TPSA) is 32.3 Å². The molecule has 1 N–H and O–H groups in total. The van der Waals surface area contributed by atoms with Gasteiger partial charge in [-0.05, 0) is 32.4 Å². The van der Waals surface area contributed by atoms with Gasteiger partial charge in [-0.15, -0.1) is 12.4 Å². The zero-order chi connectivity index (χ0) is 12.4. The predicted octanol–water partition coefficient (Wildman–Crippen LogP) is 2.16. The maximum absolute atomic E-state index is 12.4. The maximum atomic E-state index is 12.4. The molecular weight excluding hydrogens is 248 g/mol. The second-order valence-electron chi connectivity index (χ2n) is 4.87. The quantitative estimate of drug-likeness (QED) is 0.847. The Labute approximate surface area is 115 Å². The molecule has 2 rings (SSSR count). The second kappa shape index (κ2) is 6.21. The Morgan fingerprint density at radius 3 is 2.72 bits per heavy atom. The van der Waals surface area contributed by atoms with Gasteiger partial charge in [0.15, 0.2) is 0 Å². The van der Waals surface area contributed by atoms with Gasteiger partial charge in [0.25, 0.3) is 5.91 Å². The molecule has 1 fully saturated rings. The number of benzene rings is 1. The maximum Gasteiger partial charge on any atom is 0.254 e. The summed E-state index contributed by atoms with van der Waals surface area (Å²) in [6.07, 6.45) is 0. The average molecular weight is 269 g/mol. The smallest absolute Gasteiger partial charge is 0.254 e. The number of piperazine rings is 1. The molecule has 1 amide bonds. The standard InChI is InChI=1S/C14H20N2O.ClH/c1-10-4-5-13(11(2)8-10)14(17)16-7-6-15-9-12(16)3;/h4-5,8,12,15H,6-7,9H2,1-3H3;1H/t12-;/m0./s1. The van der Waals surface area contributed by atoms with E-state index in [2.05, 4.69) is 25.2 Å². The Bertz CT molecular complexity index is 434. The molecule has 4 heteroatoms. The monoisotopic (exact) mass is 268 g/mol. The molecule has 1 aliphatic rings. The van der Waals surface area contributed by atoms with Crippen LogP contribution in [0, 0.1) is 13.8 Å². The van der Waals surface area contributed by atoms with Crippen LogP contribution in [0.5, 0.6) is 0 Å². The zero-order valence-corrected chi connectivity index (χ0v) is 12.0. The first kappa shape index (κ1) is 15.0. The molecule has 1 aromatic rings. The Hall–Kier alpha value is -1.06. The molecule has 18 heavy (non-hydrogen) atoms. The number of amides is 1. The van der Waals surface area contributed by atoms with Crippen molar-refractivity contribution in [3.63, 3.8) is 0 Å². The largest absolute Gasteiger partial charge is 0.333 e. The fourth-order valence-corrected chi connectivity index (χ4v) is 2.35. The Morgan fingerprint density at radius 1 is 1.39 bits per heavy atom.